The first-order chi connectivity index (χ1) is 7.82. The second-order valence-electron chi connectivity index (χ2n) is 4.91. The molecule has 0 saturated carbocycles. The van der Waals surface area contributed by atoms with Crippen molar-refractivity contribution >= 4 is 11.9 Å². The van der Waals surface area contributed by atoms with Gasteiger partial charge in [0, 0.05) is 5.41 Å². The first kappa shape index (κ1) is 13.2. The zero-order valence-corrected chi connectivity index (χ0v) is 10.2. The number of nitrogens with one attached hydrogen (secondary N) is 1. The van der Waals surface area contributed by atoms with Crippen LogP contribution in [0.25, 0.3) is 0 Å². The van der Waals surface area contributed by atoms with Crippen LogP contribution >= 0.6 is 0 Å². The van der Waals surface area contributed by atoms with Crippen LogP contribution in [0.4, 0.5) is 0 Å². The molecule has 2 N–H and O–H groups in total. The summed E-state index contributed by atoms with van der Waals surface area (Å²) in [5, 5.41) is 11.7. The Morgan fingerprint density at radius 2 is 1.71 bits per heavy atom. The average molecular weight is 235 g/mol. The molecule has 4 heteroatoms. The predicted octanol–water partition coefficient (Wildman–Crippen LogP) is 1.97. The molecule has 0 aliphatic heterocycles. The van der Waals surface area contributed by atoms with E-state index in [2.05, 4.69) is 5.32 Å². The molecular formula is C13H17NO3. The largest absolute Gasteiger partial charge is 0.479 e. The molecule has 0 aliphatic carbocycles. The van der Waals surface area contributed by atoms with Crippen LogP contribution in [0.1, 0.15) is 32.4 Å². The molecule has 0 aliphatic rings. The predicted molar refractivity (Wildman–Crippen MR) is 64.4 cm³/mol. The molecule has 4 nitrogen and oxygen atoms in total. The van der Waals surface area contributed by atoms with Crippen LogP contribution in [0.3, 0.4) is 0 Å². The van der Waals surface area contributed by atoms with Crippen molar-refractivity contribution in [2.75, 3.05) is 0 Å². The Kier molecular flexibility index (Phi) is 3.89. The van der Waals surface area contributed by atoms with Gasteiger partial charge in [-0.1, -0.05) is 51.1 Å². The van der Waals surface area contributed by atoms with E-state index in [0.717, 1.165) is 0 Å². The third-order valence-electron chi connectivity index (χ3n) is 2.34. The highest BCUT2D eigenvalue weighted by Crippen LogP contribution is 2.18. The van der Waals surface area contributed by atoms with Crippen molar-refractivity contribution in [3.63, 3.8) is 0 Å². The fraction of sp³-hybridized carbons (Fsp3) is 0.385. The minimum absolute atomic E-state index is 0.284. The maximum Gasteiger partial charge on any atom is 0.330 e. The van der Waals surface area contributed by atoms with Gasteiger partial charge in [0.1, 0.15) is 0 Å². The minimum atomic E-state index is -1.06. The smallest absolute Gasteiger partial charge is 0.330 e. The van der Waals surface area contributed by atoms with Crippen LogP contribution < -0.4 is 5.32 Å². The van der Waals surface area contributed by atoms with Crippen LogP contribution in [0.2, 0.25) is 0 Å². The van der Waals surface area contributed by atoms with Gasteiger partial charge in [0.15, 0.2) is 6.04 Å². The average Bonchev–Trinajstić information content (AvgIpc) is 2.25. The van der Waals surface area contributed by atoms with Gasteiger partial charge in [-0.05, 0) is 5.56 Å². The van der Waals surface area contributed by atoms with Crippen molar-refractivity contribution in [1.82, 2.24) is 5.32 Å². The summed E-state index contributed by atoms with van der Waals surface area (Å²) in [6.07, 6.45) is 0. The number of carboxylic acids is 1. The van der Waals surface area contributed by atoms with Crippen molar-refractivity contribution in [3.05, 3.63) is 35.9 Å². The minimum Gasteiger partial charge on any atom is -0.479 e. The zero-order chi connectivity index (χ0) is 13.1. The Labute approximate surface area is 101 Å². The maximum atomic E-state index is 11.8. The molecule has 0 bridgehead atoms. The Bertz CT molecular complexity index is 406. The summed E-state index contributed by atoms with van der Waals surface area (Å²) in [5.74, 6) is -1.34. The summed E-state index contributed by atoms with van der Waals surface area (Å²) in [6, 6.07) is 7.66. The van der Waals surface area contributed by atoms with Crippen molar-refractivity contribution in [1.29, 1.82) is 0 Å². The Morgan fingerprint density at radius 1 is 1.18 bits per heavy atom. The van der Waals surface area contributed by atoms with E-state index >= 15 is 0 Å². The molecule has 1 amide bonds. The number of hydrogen-bond donors (Lipinski definition) is 2. The number of carbonyl (C=O) groups is 2. The van der Waals surface area contributed by atoms with Crippen LogP contribution in [0, 0.1) is 5.41 Å². The lowest BCUT2D eigenvalue weighted by Gasteiger charge is -2.22. The third kappa shape index (κ3) is 3.59. The Morgan fingerprint density at radius 3 is 2.12 bits per heavy atom. The summed E-state index contributed by atoms with van der Waals surface area (Å²) >= 11 is 0. The normalized spacial score (nSPS) is 12.9. The topological polar surface area (TPSA) is 66.4 Å². The monoisotopic (exact) mass is 235 g/mol. The Hall–Kier alpha value is -1.84. The van der Waals surface area contributed by atoms with Crippen LogP contribution in [0.5, 0.6) is 0 Å². The lowest BCUT2D eigenvalue weighted by molar-refractivity contribution is -0.143. The number of amides is 1. The molecule has 92 valence electrons. The zero-order valence-electron chi connectivity index (χ0n) is 10.2. The van der Waals surface area contributed by atoms with Crippen LogP contribution in [-0.4, -0.2) is 17.0 Å². The molecule has 1 aromatic carbocycles. The van der Waals surface area contributed by atoms with Crippen molar-refractivity contribution in [2.24, 2.45) is 5.41 Å². The summed E-state index contributed by atoms with van der Waals surface area (Å²) in [4.78, 5) is 22.9. The fourth-order valence-electron chi connectivity index (χ4n) is 1.28. The van der Waals surface area contributed by atoms with E-state index in [-0.39, 0.29) is 5.91 Å². The molecule has 0 radical (unpaired) electrons. The Balaban J connectivity index is 2.90. The molecule has 1 rings (SSSR count). The molecule has 0 heterocycles. The number of carbonyl (C=O) groups excluding carboxylic acids is 1. The van der Waals surface area contributed by atoms with E-state index in [1.54, 1.807) is 51.1 Å². The molecule has 0 saturated heterocycles. The highest BCUT2D eigenvalue weighted by atomic mass is 16.4. The van der Waals surface area contributed by atoms with Gasteiger partial charge in [-0.2, -0.15) is 0 Å². The summed E-state index contributed by atoms with van der Waals surface area (Å²) in [7, 11) is 0. The number of benzene rings is 1. The number of aliphatic carboxylic acids is 1. The van der Waals surface area contributed by atoms with E-state index in [1.807, 2.05) is 0 Å². The molecule has 1 aromatic rings. The van der Waals surface area contributed by atoms with Gasteiger partial charge < -0.3 is 10.4 Å². The van der Waals surface area contributed by atoms with Gasteiger partial charge in [-0.15, -0.1) is 0 Å². The maximum absolute atomic E-state index is 11.8. The molecule has 17 heavy (non-hydrogen) atoms. The van der Waals surface area contributed by atoms with Crippen molar-refractivity contribution in [2.45, 2.75) is 26.8 Å². The SMILES string of the molecule is CC(C)(C)C(=O)NC(C(=O)O)c1ccccc1. The van der Waals surface area contributed by atoms with Gasteiger partial charge in [0.05, 0.1) is 0 Å². The van der Waals surface area contributed by atoms with Gasteiger partial charge in [0.2, 0.25) is 5.91 Å². The molecule has 0 spiro atoms. The third-order valence-corrected chi connectivity index (χ3v) is 2.34. The first-order valence-electron chi connectivity index (χ1n) is 5.41. The van der Waals surface area contributed by atoms with Crippen LogP contribution in [0.15, 0.2) is 30.3 Å². The second-order valence-corrected chi connectivity index (χ2v) is 4.91. The van der Waals surface area contributed by atoms with Gasteiger partial charge in [-0.3, -0.25) is 4.79 Å². The lowest BCUT2D eigenvalue weighted by atomic mass is 9.94. The number of rotatable bonds is 3. The standard InChI is InChI=1S/C13H17NO3/c1-13(2,3)12(17)14-10(11(15)16)9-7-5-4-6-8-9/h4-8,10H,1-3H3,(H,14,17)(H,15,16). The van der Waals surface area contributed by atoms with Gasteiger partial charge in [0.25, 0.3) is 0 Å². The molecule has 1 unspecified atom stereocenters. The molecular weight excluding hydrogens is 218 g/mol. The van der Waals surface area contributed by atoms with Crippen LogP contribution in [-0.2, 0) is 9.59 Å². The molecule has 0 aromatic heterocycles. The van der Waals surface area contributed by atoms with E-state index in [4.69, 9.17) is 5.11 Å². The first-order valence-corrected chi connectivity index (χ1v) is 5.41. The second kappa shape index (κ2) is 4.99. The fourth-order valence-corrected chi connectivity index (χ4v) is 1.28. The summed E-state index contributed by atoms with van der Waals surface area (Å²) < 4.78 is 0. The van der Waals surface area contributed by atoms with E-state index in [0.29, 0.717) is 5.56 Å². The number of hydrogen-bond acceptors (Lipinski definition) is 2. The van der Waals surface area contributed by atoms with E-state index in [9.17, 15) is 9.59 Å². The molecule has 0 fully saturated rings. The highest BCUT2D eigenvalue weighted by Gasteiger charge is 2.28. The lowest BCUT2D eigenvalue weighted by Crippen LogP contribution is -2.40. The van der Waals surface area contributed by atoms with E-state index < -0.39 is 17.4 Å². The number of carboxylic acid groups (broad SMARTS) is 1. The van der Waals surface area contributed by atoms with Gasteiger partial charge in [-0.25, -0.2) is 4.79 Å². The van der Waals surface area contributed by atoms with Crippen molar-refractivity contribution in [3.8, 4) is 0 Å². The van der Waals surface area contributed by atoms with Crippen molar-refractivity contribution < 1.29 is 14.7 Å². The highest BCUT2D eigenvalue weighted by molar-refractivity contribution is 5.87. The summed E-state index contributed by atoms with van der Waals surface area (Å²) in [5.41, 5.74) is -0.0414. The quantitative estimate of drug-likeness (QED) is 0.841. The van der Waals surface area contributed by atoms with E-state index in [1.165, 1.54) is 0 Å². The van der Waals surface area contributed by atoms with Gasteiger partial charge >= 0.3 is 5.97 Å². The molecule has 1 atom stereocenters. The summed E-state index contributed by atoms with van der Waals surface area (Å²) in [6.45, 7) is 5.23.